The van der Waals surface area contributed by atoms with E-state index < -0.39 is 5.91 Å². The largest absolute Gasteiger partial charge is 0.324 e. The molecule has 0 spiro atoms. The van der Waals surface area contributed by atoms with Gasteiger partial charge < -0.3 is 5.32 Å². The number of fused-ring (bicyclic) bond motifs is 1. The fraction of sp³-hybridized carbons (Fsp3) is 0.0435. The first-order chi connectivity index (χ1) is 14.5. The first-order valence-corrected chi connectivity index (χ1v) is 9.54. The molecule has 0 fully saturated rings. The second kappa shape index (κ2) is 8.31. The number of hydrogen-bond acceptors (Lipinski definition) is 4. The molecule has 4 rings (SSSR count). The number of halogens is 1. The molecule has 4 aromatic rings. The van der Waals surface area contributed by atoms with E-state index in [0.29, 0.717) is 32.7 Å². The molecular weight excluding hydrogens is 402 g/mol. The van der Waals surface area contributed by atoms with Crippen molar-refractivity contribution in [1.29, 1.82) is 0 Å². The molecule has 30 heavy (non-hydrogen) atoms. The Morgan fingerprint density at radius 2 is 1.70 bits per heavy atom. The average Bonchev–Trinajstić information content (AvgIpc) is 2.76. The standard InChI is InChI=1S/C23H16ClN3O3/c24-16-10-11-19-18(12-16)23(30)27(14-25-19)13-21(28)26-20-9-5-4-8-17(20)22(29)15-6-2-1-3-7-15/h1-12,14H,13H2,(H,26,28). The minimum absolute atomic E-state index is 0.203. The van der Waals surface area contributed by atoms with Gasteiger partial charge in [0.15, 0.2) is 5.78 Å². The summed E-state index contributed by atoms with van der Waals surface area (Å²) in [6, 6.07) is 20.4. The molecule has 6 nitrogen and oxygen atoms in total. The van der Waals surface area contributed by atoms with E-state index in [1.807, 2.05) is 6.07 Å². The Morgan fingerprint density at radius 3 is 2.50 bits per heavy atom. The number of aromatic nitrogens is 2. The zero-order chi connectivity index (χ0) is 21.1. The van der Waals surface area contributed by atoms with Crippen LogP contribution in [-0.4, -0.2) is 21.2 Å². The Kier molecular flexibility index (Phi) is 5.41. The van der Waals surface area contributed by atoms with Crippen molar-refractivity contribution in [2.45, 2.75) is 6.54 Å². The van der Waals surface area contributed by atoms with Crippen molar-refractivity contribution in [3.05, 3.63) is 106 Å². The average molecular weight is 418 g/mol. The fourth-order valence-corrected chi connectivity index (χ4v) is 3.30. The maximum atomic E-state index is 12.8. The molecule has 0 unspecified atom stereocenters. The van der Waals surface area contributed by atoms with E-state index in [4.69, 9.17) is 11.6 Å². The van der Waals surface area contributed by atoms with Crippen LogP contribution in [0.15, 0.2) is 83.9 Å². The molecule has 0 aliphatic rings. The monoisotopic (exact) mass is 417 g/mol. The van der Waals surface area contributed by atoms with Gasteiger partial charge in [0.2, 0.25) is 5.91 Å². The lowest BCUT2D eigenvalue weighted by Crippen LogP contribution is -2.28. The van der Waals surface area contributed by atoms with Crippen molar-refractivity contribution >= 4 is 39.9 Å². The summed E-state index contributed by atoms with van der Waals surface area (Å²) in [6.07, 6.45) is 1.32. The smallest absolute Gasteiger partial charge is 0.261 e. The Morgan fingerprint density at radius 1 is 0.967 bits per heavy atom. The number of rotatable bonds is 5. The number of nitrogens with zero attached hydrogens (tertiary/aromatic N) is 2. The van der Waals surface area contributed by atoms with Gasteiger partial charge in [-0.1, -0.05) is 54.1 Å². The van der Waals surface area contributed by atoms with Gasteiger partial charge in [0.05, 0.1) is 22.9 Å². The Labute approximate surface area is 176 Å². The number of benzene rings is 3. The number of para-hydroxylation sites is 1. The zero-order valence-electron chi connectivity index (χ0n) is 15.7. The van der Waals surface area contributed by atoms with Gasteiger partial charge in [0.1, 0.15) is 6.54 Å². The van der Waals surface area contributed by atoms with E-state index in [9.17, 15) is 14.4 Å². The van der Waals surface area contributed by atoms with Gasteiger partial charge in [-0.05, 0) is 30.3 Å². The van der Waals surface area contributed by atoms with Crippen molar-refractivity contribution in [1.82, 2.24) is 9.55 Å². The van der Waals surface area contributed by atoms with E-state index in [1.165, 1.54) is 17.0 Å². The molecule has 0 bridgehead atoms. The quantitative estimate of drug-likeness (QED) is 0.499. The highest BCUT2D eigenvalue weighted by Gasteiger charge is 2.15. The Balaban J connectivity index is 1.59. The van der Waals surface area contributed by atoms with Crippen LogP contribution in [0, 0.1) is 0 Å². The summed E-state index contributed by atoms with van der Waals surface area (Å²) in [6.45, 7) is -0.248. The molecule has 0 aliphatic carbocycles. The summed E-state index contributed by atoms with van der Waals surface area (Å²) in [5.74, 6) is -0.653. The van der Waals surface area contributed by atoms with Crippen LogP contribution in [0.1, 0.15) is 15.9 Å². The third-order valence-electron chi connectivity index (χ3n) is 4.58. The van der Waals surface area contributed by atoms with Crippen LogP contribution in [0.5, 0.6) is 0 Å². The van der Waals surface area contributed by atoms with Crippen LogP contribution in [0.3, 0.4) is 0 Å². The number of amides is 1. The lowest BCUT2D eigenvalue weighted by molar-refractivity contribution is -0.116. The normalized spacial score (nSPS) is 10.7. The van der Waals surface area contributed by atoms with Crippen molar-refractivity contribution in [2.24, 2.45) is 0 Å². The van der Waals surface area contributed by atoms with Crippen molar-refractivity contribution in [2.75, 3.05) is 5.32 Å². The van der Waals surface area contributed by atoms with Gasteiger partial charge in [-0.2, -0.15) is 0 Å². The number of nitrogens with one attached hydrogen (secondary N) is 1. The zero-order valence-corrected chi connectivity index (χ0v) is 16.5. The molecular formula is C23H16ClN3O3. The summed E-state index contributed by atoms with van der Waals surface area (Å²) in [5, 5.41) is 3.47. The number of hydrogen-bond donors (Lipinski definition) is 1. The Bertz CT molecular complexity index is 1320. The van der Waals surface area contributed by atoms with Gasteiger partial charge >= 0.3 is 0 Å². The molecule has 0 saturated carbocycles. The highest BCUT2D eigenvalue weighted by Crippen LogP contribution is 2.19. The molecule has 0 saturated heterocycles. The SMILES string of the molecule is O=C(Cn1cnc2ccc(Cl)cc2c1=O)Nc1ccccc1C(=O)c1ccccc1. The topological polar surface area (TPSA) is 81.1 Å². The lowest BCUT2D eigenvalue weighted by Gasteiger charge is -2.11. The van der Waals surface area contributed by atoms with Crippen LogP contribution < -0.4 is 10.9 Å². The molecule has 1 amide bonds. The second-order valence-corrected chi connectivity index (χ2v) is 7.06. The van der Waals surface area contributed by atoms with Crippen molar-refractivity contribution in [3.8, 4) is 0 Å². The third-order valence-corrected chi connectivity index (χ3v) is 4.82. The second-order valence-electron chi connectivity index (χ2n) is 6.63. The molecule has 0 atom stereocenters. The predicted molar refractivity (Wildman–Crippen MR) is 116 cm³/mol. The first kappa shape index (κ1) is 19.5. The van der Waals surface area contributed by atoms with Gasteiger partial charge in [0, 0.05) is 16.1 Å². The summed E-state index contributed by atoms with van der Waals surface area (Å²) < 4.78 is 1.20. The molecule has 0 radical (unpaired) electrons. The molecule has 0 aliphatic heterocycles. The van der Waals surface area contributed by atoms with Crippen molar-refractivity contribution < 1.29 is 9.59 Å². The molecule has 3 aromatic carbocycles. The molecule has 7 heteroatoms. The van der Waals surface area contributed by atoms with E-state index in [1.54, 1.807) is 60.7 Å². The van der Waals surface area contributed by atoms with Crippen LogP contribution in [0.4, 0.5) is 5.69 Å². The summed E-state index contributed by atoms with van der Waals surface area (Å²) >= 11 is 5.97. The van der Waals surface area contributed by atoms with Gasteiger partial charge in [-0.15, -0.1) is 0 Å². The highest BCUT2D eigenvalue weighted by molar-refractivity contribution is 6.31. The molecule has 1 N–H and O–H groups in total. The van der Waals surface area contributed by atoms with Crippen molar-refractivity contribution in [3.63, 3.8) is 0 Å². The number of carbonyl (C=O) groups excluding carboxylic acids is 2. The molecule has 1 aromatic heterocycles. The third kappa shape index (κ3) is 3.99. The number of ketones is 1. The van der Waals surface area contributed by atoms with Gasteiger partial charge in [-0.3, -0.25) is 19.0 Å². The molecule has 148 valence electrons. The first-order valence-electron chi connectivity index (χ1n) is 9.16. The molecule has 1 heterocycles. The van der Waals surface area contributed by atoms with E-state index >= 15 is 0 Å². The van der Waals surface area contributed by atoms with E-state index in [0.717, 1.165) is 0 Å². The number of anilines is 1. The van der Waals surface area contributed by atoms with E-state index in [-0.39, 0.29) is 17.9 Å². The van der Waals surface area contributed by atoms with Crippen LogP contribution >= 0.6 is 11.6 Å². The van der Waals surface area contributed by atoms with Gasteiger partial charge in [-0.25, -0.2) is 4.98 Å². The minimum atomic E-state index is -0.450. The summed E-state index contributed by atoms with van der Waals surface area (Å²) in [4.78, 5) is 42.3. The minimum Gasteiger partial charge on any atom is -0.324 e. The van der Waals surface area contributed by atoms with Crippen LogP contribution in [0.25, 0.3) is 10.9 Å². The lowest BCUT2D eigenvalue weighted by atomic mass is 10.0. The number of carbonyl (C=O) groups is 2. The summed E-state index contributed by atoms with van der Waals surface area (Å²) in [7, 11) is 0. The maximum Gasteiger partial charge on any atom is 0.261 e. The maximum absolute atomic E-state index is 12.8. The van der Waals surface area contributed by atoms with E-state index in [2.05, 4.69) is 10.3 Å². The fourth-order valence-electron chi connectivity index (χ4n) is 3.12. The van der Waals surface area contributed by atoms with Crippen LogP contribution in [-0.2, 0) is 11.3 Å². The van der Waals surface area contributed by atoms with Gasteiger partial charge in [0.25, 0.3) is 5.56 Å². The Hall–Kier alpha value is -3.77. The predicted octanol–water partition coefficient (Wildman–Crippen LogP) is 3.92. The summed E-state index contributed by atoms with van der Waals surface area (Å²) in [5.41, 5.74) is 1.39. The van der Waals surface area contributed by atoms with Crippen LogP contribution in [0.2, 0.25) is 5.02 Å². The highest BCUT2D eigenvalue weighted by atomic mass is 35.5.